The highest BCUT2D eigenvalue weighted by molar-refractivity contribution is 7.89. The van der Waals surface area contributed by atoms with Crippen LogP contribution in [0.4, 0.5) is 8.78 Å². The molecular weight excluding hydrogens is 410 g/mol. The summed E-state index contributed by atoms with van der Waals surface area (Å²) in [5.41, 5.74) is 0.411. The van der Waals surface area contributed by atoms with Crippen LogP contribution in [0.3, 0.4) is 0 Å². The topological polar surface area (TPSA) is 101 Å². The third-order valence-electron chi connectivity index (χ3n) is 4.38. The average molecular weight is 434 g/mol. The first-order valence-corrected chi connectivity index (χ1v) is 10.9. The van der Waals surface area contributed by atoms with Gasteiger partial charge in [-0.2, -0.15) is 8.78 Å². The molecule has 2 aliphatic rings. The highest BCUT2D eigenvalue weighted by atomic mass is 32.2. The van der Waals surface area contributed by atoms with Crippen molar-refractivity contribution in [2.75, 3.05) is 38.7 Å². The van der Waals surface area contributed by atoms with Gasteiger partial charge in [-0.25, -0.2) is 17.7 Å². The van der Waals surface area contributed by atoms with Gasteiger partial charge in [0.25, 0.3) is 0 Å². The number of aliphatic imine (C=N–C) groups is 1. The standard InChI is InChI=1S/C17H24F2N4O5S/c1-2-20-17(21-4-6-23-5-3-7-29(23,24)25)22-10-12-8-14-15(27-11-26-14)9-13(12)28-16(18)19/h8-9,16H,2-7,10-11H2,1H3,(H2,20,21,22). The molecule has 2 aliphatic heterocycles. The van der Waals surface area contributed by atoms with Crippen molar-refractivity contribution in [3.05, 3.63) is 17.7 Å². The van der Waals surface area contributed by atoms with E-state index in [0.717, 1.165) is 0 Å². The lowest BCUT2D eigenvalue weighted by atomic mass is 10.1. The quantitative estimate of drug-likeness (QED) is 0.467. The van der Waals surface area contributed by atoms with Crippen LogP contribution in [0.25, 0.3) is 0 Å². The molecule has 0 unspecified atom stereocenters. The summed E-state index contributed by atoms with van der Waals surface area (Å²) in [6.07, 6.45) is 0.632. The molecule has 9 nitrogen and oxygen atoms in total. The maximum atomic E-state index is 12.7. The van der Waals surface area contributed by atoms with E-state index >= 15 is 0 Å². The molecule has 0 saturated carbocycles. The van der Waals surface area contributed by atoms with Gasteiger partial charge >= 0.3 is 6.61 Å². The molecule has 0 aliphatic carbocycles. The Balaban J connectivity index is 1.66. The van der Waals surface area contributed by atoms with E-state index in [2.05, 4.69) is 20.4 Å². The van der Waals surface area contributed by atoms with Crippen LogP contribution >= 0.6 is 0 Å². The molecule has 2 N–H and O–H groups in total. The molecule has 0 atom stereocenters. The number of ether oxygens (including phenoxy) is 3. The fourth-order valence-electron chi connectivity index (χ4n) is 3.04. The number of hydrogen-bond donors (Lipinski definition) is 2. The molecular formula is C17H24F2N4O5S. The Hall–Kier alpha value is -2.34. The normalized spacial score (nSPS) is 18.3. The average Bonchev–Trinajstić information content (AvgIpc) is 3.24. The summed E-state index contributed by atoms with van der Waals surface area (Å²) in [7, 11) is -3.16. The van der Waals surface area contributed by atoms with E-state index in [0.29, 0.717) is 55.6 Å². The number of fused-ring (bicyclic) bond motifs is 1. The number of alkyl halides is 2. The smallest absolute Gasteiger partial charge is 0.387 e. The highest BCUT2D eigenvalue weighted by Crippen LogP contribution is 2.39. The predicted molar refractivity (Wildman–Crippen MR) is 102 cm³/mol. The number of guanidine groups is 1. The largest absolute Gasteiger partial charge is 0.454 e. The summed E-state index contributed by atoms with van der Waals surface area (Å²) in [6, 6.07) is 2.92. The van der Waals surface area contributed by atoms with E-state index in [9.17, 15) is 17.2 Å². The molecule has 0 radical (unpaired) electrons. The Morgan fingerprint density at radius 3 is 2.72 bits per heavy atom. The SMILES string of the molecule is CCNC(=NCc1cc2c(cc1OC(F)F)OCO2)NCCN1CCCS1(=O)=O. The van der Waals surface area contributed by atoms with Crippen LogP contribution in [-0.2, 0) is 16.6 Å². The van der Waals surface area contributed by atoms with E-state index < -0.39 is 16.6 Å². The van der Waals surface area contributed by atoms with Gasteiger partial charge < -0.3 is 24.8 Å². The number of halogens is 2. The van der Waals surface area contributed by atoms with Crippen molar-refractivity contribution in [2.45, 2.75) is 26.5 Å². The molecule has 3 rings (SSSR count). The van der Waals surface area contributed by atoms with Gasteiger partial charge in [-0.15, -0.1) is 0 Å². The monoisotopic (exact) mass is 434 g/mol. The van der Waals surface area contributed by atoms with Gasteiger partial charge in [0.05, 0.1) is 12.3 Å². The van der Waals surface area contributed by atoms with Crippen LogP contribution in [0.2, 0.25) is 0 Å². The van der Waals surface area contributed by atoms with Crippen LogP contribution < -0.4 is 24.8 Å². The molecule has 1 fully saturated rings. The Kier molecular flexibility index (Phi) is 6.96. The zero-order valence-corrected chi connectivity index (χ0v) is 16.8. The molecule has 12 heteroatoms. The molecule has 1 saturated heterocycles. The first-order valence-electron chi connectivity index (χ1n) is 9.26. The van der Waals surface area contributed by atoms with Gasteiger partial charge in [0.15, 0.2) is 17.5 Å². The van der Waals surface area contributed by atoms with Crippen molar-refractivity contribution < 1.29 is 31.4 Å². The molecule has 0 bridgehead atoms. The van der Waals surface area contributed by atoms with Gasteiger partial charge in [0.1, 0.15) is 5.75 Å². The predicted octanol–water partition coefficient (Wildman–Crippen LogP) is 1.11. The maximum absolute atomic E-state index is 12.7. The fourth-order valence-corrected chi connectivity index (χ4v) is 4.57. The van der Waals surface area contributed by atoms with Crippen molar-refractivity contribution in [1.29, 1.82) is 0 Å². The summed E-state index contributed by atoms with van der Waals surface area (Å²) >= 11 is 0. The summed E-state index contributed by atoms with van der Waals surface area (Å²) in [6.45, 7) is 0.762. The van der Waals surface area contributed by atoms with Crippen molar-refractivity contribution in [3.63, 3.8) is 0 Å². The molecule has 1 aromatic carbocycles. The fraction of sp³-hybridized carbons (Fsp3) is 0.588. The van der Waals surface area contributed by atoms with Crippen LogP contribution in [0.5, 0.6) is 17.2 Å². The Bertz CT molecular complexity index is 850. The lowest BCUT2D eigenvalue weighted by Gasteiger charge is -2.17. The minimum Gasteiger partial charge on any atom is -0.454 e. The molecule has 0 amide bonds. The molecule has 2 heterocycles. The second kappa shape index (κ2) is 9.44. The van der Waals surface area contributed by atoms with Crippen LogP contribution in [-0.4, -0.2) is 64.0 Å². The van der Waals surface area contributed by atoms with Gasteiger partial charge in [-0.05, 0) is 19.4 Å². The number of hydrogen-bond acceptors (Lipinski definition) is 6. The number of nitrogens with one attached hydrogen (secondary N) is 2. The number of rotatable bonds is 8. The number of nitrogens with zero attached hydrogens (tertiary/aromatic N) is 2. The van der Waals surface area contributed by atoms with Gasteiger partial charge in [-0.3, -0.25) is 0 Å². The molecule has 162 valence electrons. The second-order valence-electron chi connectivity index (χ2n) is 6.38. The maximum Gasteiger partial charge on any atom is 0.387 e. The summed E-state index contributed by atoms with van der Waals surface area (Å²) in [5, 5.41) is 6.09. The summed E-state index contributed by atoms with van der Waals surface area (Å²) < 4.78 is 65.7. The number of sulfonamides is 1. The zero-order chi connectivity index (χ0) is 20.9. The zero-order valence-electron chi connectivity index (χ0n) is 16.0. The second-order valence-corrected chi connectivity index (χ2v) is 8.47. The van der Waals surface area contributed by atoms with E-state index in [1.54, 1.807) is 6.07 Å². The molecule has 29 heavy (non-hydrogen) atoms. The van der Waals surface area contributed by atoms with E-state index in [1.165, 1.54) is 10.4 Å². The van der Waals surface area contributed by atoms with Crippen molar-refractivity contribution in [1.82, 2.24) is 14.9 Å². The van der Waals surface area contributed by atoms with Gasteiger partial charge in [0.2, 0.25) is 16.8 Å². The van der Waals surface area contributed by atoms with E-state index in [1.807, 2.05) is 6.92 Å². The third kappa shape index (κ3) is 5.60. The van der Waals surface area contributed by atoms with E-state index in [-0.39, 0.29) is 24.8 Å². The Labute approximate surface area is 168 Å². The van der Waals surface area contributed by atoms with Gasteiger partial charge in [0, 0.05) is 37.8 Å². The van der Waals surface area contributed by atoms with Crippen LogP contribution in [0.15, 0.2) is 17.1 Å². The number of benzene rings is 1. The third-order valence-corrected chi connectivity index (χ3v) is 6.34. The first kappa shape index (κ1) is 21.4. The Morgan fingerprint density at radius 1 is 1.31 bits per heavy atom. The van der Waals surface area contributed by atoms with E-state index in [4.69, 9.17) is 9.47 Å². The molecule has 0 aromatic heterocycles. The highest BCUT2D eigenvalue weighted by Gasteiger charge is 2.27. The summed E-state index contributed by atoms with van der Waals surface area (Å²) in [4.78, 5) is 4.38. The molecule has 1 aromatic rings. The van der Waals surface area contributed by atoms with Crippen LogP contribution in [0, 0.1) is 0 Å². The summed E-state index contributed by atoms with van der Waals surface area (Å²) in [5.74, 6) is 1.36. The minimum atomic E-state index is -3.16. The lowest BCUT2D eigenvalue weighted by molar-refractivity contribution is -0.0505. The van der Waals surface area contributed by atoms with Crippen molar-refractivity contribution in [3.8, 4) is 17.2 Å². The van der Waals surface area contributed by atoms with Crippen molar-refractivity contribution in [2.24, 2.45) is 4.99 Å². The first-order chi connectivity index (χ1) is 13.9. The molecule has 0 spiro atoms. The lowest BCUT2D eigenvalue weighted by Crippen LogP contribution is -2.42. The van der Waals surface area contributed by atoms with Crippen LogP contribution in [0.1, 0.15) is 18.9 Å². The van der Waals surface area contributed by atoms with Crippen molar-refractivity contribution >= 4 is 16.0 Å². The minimum absolute atomic E-state index is 0.0137. The van der Waals surface area contributed by atoms with Gasteiger partial charge in [-0.1, -0.05) is 0 Å². The Morgan fingerprint density at radius 2 is 2.07 bits per heavy atom.